The molecule has 2 heterocycles. The van der Waals surface area contributed by atoms with E-state index >= 15 is 0 Å². The summed E-state index contributed by atoms with van der Waals surface area (Å²) in [5, 5.41) is 0. The molecule has 0 bridgehead atoms. The highest BCUT2D eigenvalue weighted by molar-refractivity contribution is 5.79. The van der Waals surface area contributed by atoms with E-state index in [0.29, 0.717) is 0 Å². The van der Waals surface area contributed by atoms with Gasteiger partial charge in [-0.2, -0.15) is 0 Å². The van der Waals surface area contributed by atoms with Crippen LogP contribution in [0.3, 0.4) is 0 Å². The van der Waals surface area contributed by atoms with Gasteiger partial charge in [0, 0.05) is 11.8 Å². The van der Waals surface area contributed by atoms with Crippen LogP contribution in [0.4, 0.5) is 5.69 Å². The normalized spacial score (nSPS) is 10.9. The van der Waals surface area contributed by atoms with Gasteiger partial charge < -0.3 is 4.42 Å². The van der Waals surface area contributed by atoms with Crippen molar-refractivity contribution in [2.75, 3.05) is 0 Å². The Hall–Kier alpha value is -2.75. The Morgan fingerprint density at radius 2 is 1.95 bits per heavy atom. The molecule has 19 heavy (non-hydrogen) atoms. The van der Waals surface area contributed by atoms with Crippen molar-refractivity contribution < 1.29 is 4.42 Å². The lowest BCUT2D eigenvalue weighted by Gasteiger charge is -1.97. The monoisotopic (exact) mass is 249 g/mol. The summed E-state index contributed by atoms with van der Waals surface area (Å²) in [5.74, 6) is 0.750. The number of aliphatic imine (C=N–C) groups is 1. The maximum atomic E-state index is 5.23. The summed E-state index contributed by atoms with van der Waals surface area (Å²) in [4.78, 5) is 12.4. The minimum absolute atomic E-state index is 0.750. The summed E-state index contributed by atoms with van der Waals surface area (Å²) < 4.78 is 5.23. The van der Waals surface area contributed by atoms with E-state index in [-0.39, 0.29) is 0 Å². The molecule has 3 rings (SSSR count). The van der Waals surface area contributed by atoms with Crippen molar-refractivity contribution >= 4 is 11.9 Å². The first kappa shape index (κ1) is 11.3. The van der Waals surface area contributed by atoms with Crippen molar-refractivity contribution in [3.63, 3.8) is 0 Å². The van der Waals surface area contributed by atoms with Crippen molar-refractivity contribution in [1.82, 2.24) is 9.97 Å². The molecule has 4 heteroatoms. The number of hydrogen-bond acceptors (Lipinski definition) is 4. The molecule has 0 amide bonds. The molecule has 0 aliphatic carbocycles. The topological polar surface area (TPSA) is 51.3 Å². The van der Waals surface area contributed by atoms with Gasteiger partial charge in [0.25, 0.3) is 0 Å². The van der Waals surface area contributed by atoms with Gasteiger partial charge >= 0.3 is 0 Å². The molecular weight excluding hydrogens is 238 g/mol. The lowest BCUT2D eigenvalue weighted by atomic mass is 10.2. The molecule has 0 N–H and O–H groups in total. The van der Waals surface area contributed by atoms with E-state index in [1.807, 2.05) is 42.5 Å². The predicted octanol–water partition coefficient (Wildman–Crippen LogP) is 3.49. The summed E-state index contributed by atoms with van der Waals surface area (Å²) in [6.07, 6.45) is 6.59. The van der Waals surface area contributed by atoms with Crippen molar-refractivity contribution in [2.24, 2.45) is 4.99 Å². The average Bonchev–Trinajstić information content (AvgIpc) is 3.01. The number of oxazole rings is 1. The van der Waals surface area contributed by atoms with E-state index in [0.717, 1.165) is 22.7 Å². The fraction of sp³-hybridized carbons (Fsp3) is 0. The van der Waals surface area contributed by atoms with Gasteiger partial charge in [0.15, 0.2) is 12.2 Å². The van der Waals surface area contributed by atoms with Gasteiger partial charge in [-0.05, 0) is 36.4 Å². The van der Waals surface area contributed by atoms with Gasteiger partial charge in [0.2, 0.25) is 0 Å². The predicted molar refractivity (Wildman–Crippen MR) is 73.4 cm³/mol. The summed E-state index contributed by atoms with van der Waals surface area (Å²) >= 11 is 0. The van der Waals surface area contributed by atoms with E-state index in [2.05, 4.69) is 15.0 Å². The third-order valence-corrected chi connectivity index (χ3v) is 2.62. The Morgan fingerprint density at radius 3 is 2.63 bits per heavy atom. The van der Waals surface area contributed by atoms with Crippen LogP contribution in [-0.4, -0.2) is 16.2 Å². The third kappa shape index (κ3) is 2.74. The molecule has 0 aliphatic heterocycles. The Balaban J connectivity index is 1.78. The highest BCUT2D eigenvalue weighted by atomic mass is 16.3. The highest BCUT2D eigenvalue weighted by Gasteiger charge is 2.00. The molecule has 0 fully saturated rings. The van der Waals surface area contributed by atoms with Gasteiger partial charge in [-0.25, -0.2) is 4.98 Å². The molecule has 0 aliphatic rings. The second kappa shape index (κ2) is 5.27. The SMILES string of the molecule is C(=Nc1ccc(-c2cnco2)cc1)c1ccccn1. The van der Waals surface area contributed by atoms with Crippen LogP contribution in [0.25, 0.3) is 11.3 Å². The van der Waals surface area contributed by atoms with E-state index in [9.17, 15) is 0 Å². The number of aromatic nitrogens is 2. The molecule has 1 aromatic carbocycles. The van der Waals surface area contributed by atoms with Crippen LogP contribution in [0, 0.1) is 0 Å². The molecular formula is C15H11N3O. The molecule has 0 saturated carbocycles. The van der Waals surface area contributed by atoms with Crippen molar-refractivity contribution in [2.45, 2.75) is 0 Å². The Bertz CT molecular complexity index is 658. The van der Waals surface area contributed by atoms with Crippen LogP contribution >= 0.6 is 0 Å². The molecule has 0 spiro atoms. The van der Waals surface area contributed by atoms with Crippen molar-refractivity contribution in [3.8, 4) is 11.3 Å². The zero-order valence-electron chi connectivity index (χ0n) is 10.1. The first-order chi connectivity index (χ1) is 9.42. The molecule has 0 radical (unpaired) electrons. The summed E-state index contributed by atoms with van der Waals surface area (Å²) in [6, 6.07) is 13.5. The molecule has 0 saturated heterocycles. The van der Waals surface area contributed by atoms with Gasteiger partial charge in [-0.1, -0.05) is 6.07 Å². The highest BCUT2D eigenvalue weighted by Crippen LogP contribution is 2.21. The van der Waals surface area contributed by atoms with Gasteiger partial charge in [-0.15, -0.1) is 0 Å². The quantitative estimate of drug-likeness (QED) is 0.667. The van der Waals surface area contributed by atoms with Gasteiger partial charge in [-0.3, -0.25) is 9.98 Å². The number of rotatable bonds is 3. The summed E-state index contributed by atoms with van der Waals surface area (Å²) in [5.41, 5.74) is 2.69. The fourth-order valence-corrected chi connectivity index (χ4v) is 1.66. The molecule has 92 valence electrons. The van der Waals surface area contributed by atoms with Gasteiger partial charge in [0.1, 0.15) is 0 Å². The molecule has 4 nitrogen and oxygen atoms in total. The molecule has 2 aromatic heterocycles. The zero-order valence-corrected chi connectivity index (χ0v) is 10.1. The lowest BCUT2D eigenvalue weighted by molar-refractivity contribution is 0.572. The van der Waals surface area contributed by atoms with E-state index in [1.165, 1.54) is 6.39 Å². The van der Waals surface area contributed by atoms with E-state index in [1.54, 1.807) is 18.6 Å². The smallest absolute Gasteiger partial charge is 0.181 e. The second-order valence-electron chi connectivity index (χ2n) is 3.93. The van der Waals surface area contributed by atoms with Crippen LogP contribution in [0.15, 0.2) is 70.7 Å². The van der Waals surface area contributed by atoms with Crippen LogP contribution in [0.5, 0.6) is 0 Å². The zero-order chi connectivity index (χ0) is 12.9. The minimum Gasteiger partial charge on any atom is -0.444 e. The Kier molecular flexibility index (Phi) is 3.14. The maximum Gasteiger partial charge on any atom is 0.181 e. The summed E-state index contributed by atoms with van der Waals surface area (Å²) in [7, 11) is 0. The first-order valence-electron chi connectivity index (χ1n) is 5.86. The van der Waals surface area contributed by atoms with E-state index in [4.69, 9.17) is 4.42 Å². The molecule has 0 atom stereocenters. The first-order valence-corrected chi connectivity index (χ1v) is 5.86. The Labute approximate surface area is 110 Å². The van der Waals surface area contributed by atoms with Crippen LogP contribution in [-0.2, 0) is 0 Å². The van der Waals surface area contributed by atoms with Crippen LogP contribution in [0.1, 0.15) is 5.69 Å². The lowest BCUT2D eigenvalue weighted by Crippen LogP contribution is -1.83. The summed E-state index contributed by atoms with van der Waals surface area (Å²) in [6.45, 7) is 0. The molecule has 0 unspecified atom stereocenters. The average molecular weight is 249 g/mol. The second-order valence-corrected chi connectivity index (χ2v) is 3.93. The van der Waals surface area contributed by atoms with Crippen molar-refractivity contribution in [1.29, 1.82) is 0 Å². The number of pyridine rings is 1. The number of nitrogens with zero attached hydrogens (tertiary/aromatic N) is 3. The largest absolute Gasteiger partial charge is 0.444 e. The van der Waals surface area contributed by atoms with E-state index < -0.39 is 0 Å². The standard InChI is InChI=1S/C15H11N3O/c1-2-8-17-14(3-1)9-18-13-6-4-12(5-7-13)15-10-16-11-19-15/h1-11H. The van der Waals surface area contributed by atoms with Gasteiger partial charge in [0.05, 0.1) is 23.8 Å². The van der Waals surface area contributed by atoms with Crippen LogP contribution in [0.2, 0.25) is 0 Å². The third-order valence-electron chi connectivity index (χ3n) is 2.62. The minimum atomic E-state index is 0.750. The maximum absolute atomic E-state index is 5.23. The van der Waals surface area contributed by atoms with Crippen molar-refractivity contribution in [3.05, 3.63) is 66.9 Å². The Morgan fingerprint density at radius 1 is 1.05 bits per heavy atom. The molecule has 3 aromatic rings. The number of benzene rings is 1. The van der Waals surface area contributed by atoms with Crippen LogP contribution < -0.4 is 0 Å². The fourth-order valence-electron chi connectivity index (χ4n) is 1.66. The number of hydrogen-bond donors (Lipinski definition) is 0.